The zero-order chi connectivity index (χ0) is 22.3. The van der Waals surface area contributed by atoms with Crippen LogP contribution in [0.3, 0.4) is 0 Å². The van der Waals surface area contributed by atoms with Gasteiger partial charge >= 0.3 is 5.92 Å². The van der Waals surface area contributed by atoms with Gasteiger partial charge in [-0.25, -0.2) is 4.68 Å². The molecule has 0 saturated heterocycles. The van der Waals surface area contributed by atoms with Crippen LogP contribution in [-0.4, -0.2) is 33.3 Å². The molecule has 0 unspecified atom stereocenters. The summed E-state index contributed by atoms with van der Waals surface area (Å²) in [5, 5.41) is 24.2. The van der Waals surface area contributed by atoms with Gasteiger partial charge in [0.15, 0.2) is 11.3 Å². The predicted octanol–water partition coefficient (Wildman–Crippen LogP) is 2.76. The Kier molecular flexibility index (Phi) is 5.44. The molecular formula is C19H19F2N6O2P. The van der Waals surface area contributed by atoms with Gasteiger partial charge in [0, 0.05) is 12.6 Å². The lowest BCUT2D eigenvalue weighted by atomic mass is 10.0. The molecule has 2 aromatic heterocycles. The summed E-state index contributed by atoms with van der Waals surface area (Å²) in [5.41, 5.74) is -0.105. The summed E-state index contributed by atoms with van der Waals surface area (Å²) >= 11 is 0. The Balaban J connectivity index is 2.08. The molecule has 0 saturated carbocycles. The standard InChI is InChI=1S/C19H19F2N6O2P/c1-11(12-6-5-7-13(8-12)19(20,21)10-22)23-17-14-9-15(30(3,4)29)24-25-16(14)18(28)27(2)26-17/h5-9,11H,1-4H3,(H,23,26)/t11-/m1/s1. The van der Waals surface area contributed by atoms with Crippen molar-refractivity contribution >= 4 is 29.3 Å². The molecule has 0 radical (unpaired) electrons. The first-order valence-corrected chi connectivity index (χ1v) is 11.5. The van der Waals surface area contributed by atoms with Gasteiger partial charge in [-0.2, -0.15) is 19.1 Å². The molecule has 3 rings (SSSR count). The Bertz CT molecular complexity index is 1280. The fraction of sp³-hybridized carbons (Fsp3) is 0.316. The summed E-state index contributed by atoms with van der Waals surface area (Å²) in [5.74, 6) is -3.34. The van der Waals surface area contributed by atoms with Gasteiger partial charge in [-0.3, -0.25) is 4.79 Å². The van der Waals surface area contributed by atoms with Gasteiger partial charge in [-0.1, -0.05) is 18.2 Å². The number of rotatable bonds is 5. The smallest absolute Gasteiger partial charge is 0.357 e. The van der Waals surface area contributed by atoms with Crippen molar-refractivity contribution in [3.63, 3.8) is 0 Å². The highest BCUT2D eigenvalue weighted by Crippen LogP contribution is 2.35. The molecule has 3 aromatic rings. The van der Waals surface area contributed by atoms with E-state index >= 15 is 0 Å². The second-order valence-electron chi connectivity index (χ2n) is 7.27. The summed E-state index contributed by atoms with van der Waals surface area (Å²) in [6, 6.07) is 7.49. The number of fused-ring (bicyclic) bond motifs is 1. The molecule has 0 spiro atoms. The van der Waals surface area contributed by atoms with E-state index in [1.165, 1.54) is 44.6 Å². The van der Waals surface area contributed by atoms with E-state index in [1.807, 2.05) is 0 Å². The number of nitriles is 1. The van der Waals surface area contributed by atoms with Gasteiger partial charge in [0.2, 0.25) is 0 Å². The van der Waals surface area contributed by atoms with E-state index in [4.69, 9.17) is 5.26 Å². The van der Waals surface area contributed by atoms with Gasteiger partial charge in [-0.05, 0) is 37.9 Å². The van der Waals surface area contributed by atoms with Gasteiger partial charge in [0.1, 0.15) is 18.6 Å². The lowest BCUT2D eigenvalue weighted by molar-refractivity contribution is 0.0612. The Labute approximate surface area is 170 Å². The van der Waals surface area contributed by atoms with E-state index in [0.29, 0.717) is 10.9 Å². The van der Waals surface area contributed by atoms with Crippen LogP contribution in [0.2, 0.25) is 0 Å². The number of anilines is 1. The van der Waals surface area contributed by atoms with Crippen molar-refractivity contribution in [3.8, 4) is 6.07 Å². The lowest BCUT2D eigenvalue weighted by Gasteiger charge is -2.18. The molecule has 156 valence electrons. The van der Waals surface area contributed by atoms with E-state index < -0.39 is 30.2 Å². The Hall–Kier alpha value is -3.18. The highest BCUT2D eigenvalue weighted by molar-refractivity contribution is 7.69. The van der Waals surface area contributed by atoms with Crippen molar-refractivity contribution in [1.82, 2.24) is 20.0 Å². The maximum atomic E-state index is 13.7. The van der Waals surface area contributed by atoms with Crippen LogP contribution in [0, 0.1) is 11.3 Å². The average molecular weight is 432 g/mol. The highest BCUT2D eigenvalue weighted by atomic mass is 31.2. The first kappa shape index (κ1) is 21.5. The molecule has 0 fully saturated rings. The van der Waals surface area contributed by atoms with E-state index in [2.05, 4.69) is 20.6 Å². The second kappa shape index (κ2) is 7.58. The van der Waals surface area contributed by atoms with Crippen LogP contribution < -0.4 is 16.3 Å². The van der Waals surface area contributed by atoms with Crippen LogP contribution in [-0.2, 0) is 17.5 Å². The third-order valence-electron chi connectivity index (χ3n) is 4.58. The molecule has 1 N–H and O–H groups in total. The molecular weight excluding hydrogens is 413 g/mol. The van der Waals surface area contributed by atoms with Gasteiger partial charge in [0.05, 0.1) is 11.4 Å². The van der Waals surface area contributed by atoms with E-state index in [-0.39, 0.29) is 16.8 Å². The summed E-state index contributed by atoms with van der Waals surface area (Å²) in [6.07, 6.45) is 0. The fourth-order valence-corrected chi connectivity index (χ4v) is 3.55. The van der Waals surface area contributed by atoms with E-state index in [0.717, 1.165) is 10.8 Å². The number of nitrogens with zero attached hydrogens (tertiary/aromatic N) is 5. The molecule has 30 heavy (non-hydrogen) atoms. The zero-order valence-corrected chi connectivity index (χ0v) is 17.6. The van der Waals surface area contributed by atoms with E-state index in [9.17, 15) is 18.1 Å². The molecule has 8 nitrogen and oxygen atoms in total. The van der Waals surface area contributed by atoms with E-state index in [1.54, 1.807) is 13.0 Å². The third-order valence-corrected chi connectivity index (χ3v) is 5.90. The largest absolute Gasteiger partial charge is 0.362 e. The number of alkyl halides is 2. The molecule has 1 aromatic carbocycles. The molecule has 1 atom stereocenters. The van der Waals surface area contributed by atoms with Gasteiger partial charge < -0.3 is 9.88 Å². The summed E-state index contributed by atoms with van der Waals surface area (Å²) in [6.45, 7) is 4.80. The quantitative estimate of drug-likeness (QED) is 0.617. The minimum Gasteiger partial charge on any atom is -0.362 e. The summed E-state index contributed by atoms with van der Waals surface area (Å²) in [7, 11) is -1.29. The van der Waals surface area contributed by atoms with Crippen molar-refractivity contribution < 1.29 is 13.3 Å². The third kappa shape index (κ3) is 4.07. The Morgan fingerprint density at radius 2 is 1.97 bits per heavy atom. The number of aromatic nitrogens is 4. The summed E-state index contributed by atoms with van der Waals surface area (Å²) < 4.78 is 41.0. The first-order chi connectivity index (χ1) is 13.9. The second-order valence-corrected chi connectivity index (χ2v) is 10.4. The average Bonchev–Trinajstić information content (AvgIpc) is 2.70. The molecule has 2 heterocycles. The predicted molar refractivity (Wildman–Crippen MR) is 110 cm³/mol. The molecule has 0 aliphatic rings. The van der Waals surface area contributed by atoms with Crippen LogP contribution >= 0.6 is 7.14 Å². The van der Waals surface area contributed by atoms with Crippen molar-refractivity contribution in [2.45, 2.75) is 18.9 Å². The minimum atomic E-state index is -3.61. The van der Waals surface area contributed by atoms with Crippen molar-refractivity contribution in [3.05, 3.63) is 51.8 Å². The van der Waals surface area contributed by atoms with Crippen LogP contribution in [0.4, 0.5) is 14.6 Å². The van der Waals surface area contributed by atoms with Crippen LogP contribution in [0.15, 0.2) is 35.1 Å². The number of hydrogen-bond donors (Lipinski definition) is 1. The van der Waals surface area contributed by atoms with Gasteiger partial charge in [0.25, 0.3) is 5.56 Å². The normalized spacial score (nSPS) is 13.1. The zero-order valence-electron chi connectivity index (χ0n) is 16.7. The molecule has 0 aliphatic heterocycles. The molecule has 0 aliphatic carbocycles. The first-order valence-electron chi connectivity index (χ1n) is 8.90. The van der Waals surface area contributed by atoms with Crippen molar-refractivity contribution in [1.29, 1.82) is 5.26 Å². The van der Waals surface area contributed by atoms with Crippen LogP contribution in [0.5, 0.6) is 0 Å². The lowest BCUT2D eigenvalue weighted by Crippen LogP contribution is -2.25. The van der Waals surface area contributed by atoms with Crippen LogP contribution in [0.25, 0.3) is 10.9 Å². The minimum absolute atomic E-state index is 0.0455. The topological polar surface area (TPSA) is 114 Å². The number of benzene rings is 1. The van der Waals surface area contributed by atoms with Crippen LogP contribution in [0.1, 0.15) is 24.1 Å². The fourth-order valence-electron chi connectivity index (χ4n) is 2.85. The summed E-state index contributed by atoms with van der Waals surface area (Å²) in [4.78, 5) is 12.4. The molecule has 0 amide bonds. The Morgan fingerprint density at radius 3 is 2.60 bits per heavy atom. The number of nitrogens with one attached hydrogen (secondary N) is 1. The van der Waals surface area contributed by atoms with Crippen molar-refractivity contribution in [2.75, 3.05) is 18.6 Å². The van der Waals surface area contributed by atoms with Crippen molar-refractivity contribution in [2.24, 2.45) is 7.05 Å². The monoisotopic (exact) mass is 432 g/mol. The Morgan fingerprint density at radius 1 is 1.27 bits per heavy atom. The number of hydrogen-bond acceptors (Lipinski definition) is 7. The highest BCUT2D eigenvalue weighted by Gasteiger charge is 2.31. The number of halogens is 2. The number of aryl methyl sites for hydroxylation is 1. The maximum Gasteiger partial charge on any atom is 0.357 e. The van der Waals surface area contributed by atoms with Gasteiger partial charge in [-0.15, -0.1) is 10.2 Å². The molecule has 0 bridgehead atoms. The maximum absolute atomic E-state index is 13.7. The molecule has 11 heteroatoms. The SMILES string of the molecule is C[C@@H](Nc1nn(C)c(=O)c2nnc(P(C)(C)=O)cc12)c1cccc(C(F)(F)C#N)c1.